The third-order valence-corrected chi connectivity index (χ3v) is 2.95. The molecule has 2 aliphatic heterocycles. The van der Waals surface area contributed by atoms with E-state index in [0.29, 0.717) is 6.32 Å². The molecule has 0 N–H and O–H groups in total. The van der Waals surface area contributed by atoms with Crippen molar-refractivity contribution in [3.63, 3.8) is 0 Å². The first-order chi connectivity index (χ1) is 9.01. The van der Waals surface area contributed by atoms with Gasteiger partial charge in [0.05, 0.1) is 0 Å². The Kier molecular flexibility index (Phi) is 4.44. The summed E-state index contributed by atoms with van der Waals surface area (Å²) in [6.45, 7) is 4.59. The Bertz CT molecular complexity index is 361. The van der Waals surface area contributed by atoms with Crippen molar-refractivity contribution in [1.29, 1.82) is 0 Å². The Morgan fingerprint density at radius 1 is 1.16 bits per heavy atom. The lowest BCUT2D eigenvalue weighted by Gasteiger charge is -2.17. The highest BCUT2D eigenvalue weighted by atomic mass is 16.8. The maximum absolute atomic E-state index is 11.0. The Morgan fingerprint density at radius 3 is 2.42 bits per heavy atom. The molecule has 2 heterocycles. The molecule has 0 aromatic rings. The van der Waals surface area contributed by atoms with E-state index in [4.69, 9.17) is 23.5 Å². The van der Waals surface area contributed by atoms with E-state index in [0.717, 1.165) is 0 Å². The second kappa shape index (κ2) is 5.89. The van der Waals surface area contributed by atoms with E-state index in [-0.39, 0.29) is 13.7 Å². The molecule has 7 nitrogen and oxygen atoms in total. The Labute approximate surface area is 111 Å². The number of carbonyl (C=O) groups excluding carboxylic acids is 2. The summed E-state index contributed by atoms with van der Waals surface area (Å²) in [7, 11) is -0.350. The molecule has 0 aromatic carbocycles. The molecule has 0 aromatic heterocycles. The predicted molar refractivity (Wildman–Crippen MR) is 63.0 cm³/mol. The molecule has 0 unspecified atom stereocenters. The second-order valence-corrected chi connectivity index (χ2v) is 4.49. The van der Waals surface area contributed by atoms with E-state index in [2.05, 4.69) is 0 Å². The van der Waals surface area contributed by atoms with Crippen molar-refractivity contribution in [2.45, 2.75) is 51.7 Å². The SMILES string of the molecule is CCB1O[C@@H]2[C@@H](OC(C)=O)O[C@@H](COC(C)=O)[C@H]2O1. The van der Waals surface area contributed by atoms with Gasteiger partial charge >= 0.3 is 19.1 Å². The highest BCUT2D eigenvalue weighted by molar-refractivity contribution is 6.45. The summed E-state index contributed by atoms with van der Waals surface area (Å²) in [5.41, 5.74) is 0. The highest BCUT2D eigenvalue weighted by Gasteiger charge is 2.55. The van der Waals surface area contributed by atoms with E-state index >= 15 is 0 Å². The van der Waals surface area contributed by atoms with Crippen LogP contribution in [0.25, 0.3) is 0 Å². The Hall–Kier alpha value is -1.12. The first-order valence-electron chi connectivity index (χ1n) is 6.28. The third-order valence-electron chi connectivity index (χ3n) is 2.95. The number of hydrogen-bond donors (Lipinski definition) is 0. The van der Waals surface area contributed by atoms with Gasteiger partial charge in [0, 0.05) is 13.8 Å². The van der Waals surface area contributed by atoms with Gasteiger partial charge in [0.15, 0.2) is 0 Å². The molecule has 2 rings (SSSR count). The number of hydrogen-bond acceptors (Lipinski definition) is 7. The van der Waals surface area contributed by atoms with Crippen LogP contribution < -0.4 is 0 Å². The number of carbonyl (C=O) groups is 2. The summed E-state index contributed by atoms with van der Waals surface area (Å²) >= 11 is 0. The minimum Gasteiger partial charge on any atom is -0.463 e. The molecule has 2 saturated heterocycles. The van der Waals surface area contributed by atoms with Crippen molar-refractivity contribution in [1.82, 2.24) is 0 Å². The van der Waals surface area contributed by atoms with Crippen molar-refractivity contribution in [3.05, 3.63) is 0 Å². The zero-order chi connectivity index (χ0) is 14.0. The van der Waals surface area contributed by atoms with Gasteiger partial charge in [-0.05, 0) is 6.32 Å². The maximum Gasteiger partial charge on any atom is 0.457 e. The molecule has 8 heteroatoms. The summed E-state index contributed by atoms with van der Waals surface area (Å²) in [6.07, 6.45) is -1.50. The smallest absolute Gasteiger partial charge is 0.457 e. The zero-order valence-corrected chi connectivity index (χ0v) is 11.2. The summed E-state index contributed by atoms with van der Waals surface area (Å²) in [5.74, 6) is -0.859. The molecule has 0 radical (unpaired) electrons. The zero-order valence-electron chi connectivity index (χ0n) is 11.2. The van der Waals surface area contributed by atoms with Crippen LogP contribution in [0.15, 0.2) is 0 Å². The van der Waals surface area contributed by atoms with Crippen LogP contribution in [-0.2, 0) is 33.1 Å². The summed E-state index contributed by atoms with van der Waals surface area (Å²) < 4.78 is 26.8. The van der Waals surface area contributed by atoms with E-state index < -0.39 is 36.5 Å². The minimum absolute atomic E-state index is 0.0497. The van der Waals surface area contributed by atoms with Gasteiger partial charge in [0.1, 0.15) is 24.9 Å². The van der Waals surface area contributed by atoms with Crippen LogP contribution in [0.3, 0.4) is 0 Å². The topological polar surface area (TPSA) is 80.3 Å². The van der Waals surface area contributed by atoms with Gasteiger partial charge in [-0.15, -0.1) is 0 Å². The predicted octanol–water partition coefficient (Wildman–Crippen LogP) is 0.130. The van der Waals surface area contributed by atoms with Crippen molar-refractivity contribution in [3.8, 4) is 0 Å². The molecular weight excluding hydrogens is 255 g/mol. The lowest BCUT2D eigenvalue weighted by atomic mass is 9.87. The van der Waals surface area contributed by atoms with Crippen LogP contribution in [0.1, 0.15) is 20.8 Å². The largest absolute Gasteiger partial charge is 0.463 e. The van der Waals surface area contributed by atoms with Crippen molar-refractivity contribution in [2.75, 3.05) is 6.61 Å². The second-order valence-electron chi connectivity index (χ2n) is 4.49. The van der Waals surface area contributed by atoms with Gasteiger partial charge in [-0.1, -0.05) is 6.92 Å². The first kappa shape index (κ1) is 14.3. The fourth-order valence-corrected chi connectivity index (χ4v) is 2.17. The standard InChI is InChI=1S/C11H17BO7/c1-4-12-18-9-8(5-15-6(2)13)17-11(10(9)19-12)16-7(3)14/h8-11H,4-5H2,1-3H3/t8-,9+,10-,11-/m0/s1. The van der Waals surface area contributed by atoms with Crippen LogP contribution in [0.5, 0.6) is 0 Å². The lowest BCUT2D eigenvalue weighted by molar-refractivity contribution is -0.188. The van der Waals surface area contributed by atoms with Crippen LogP contribution in [-0.4, -0.2) is 50.3 Å². The highest BCUT2D eigenvalue weighted by Crippen LogP contribution is 2.34. The molecule has 0 amide bonds. The van der Waals surface area contributed by atoms with Crippen LogP contribution in [0, 0.1) is 0 Å². The van der Waals surface area contributed by atoms with Crippen molar-refractivity contribution < 1.29 is 33.1 Å². The van der Waals surface area contributed by atoms with Crippen molar-refractivity contribution >= 4 is 19.1 Å². The van der Waals surface area contributed by atoms with Gasteiger partial charge < -0.3 is 23.5 Å². The summed E-state index contributed by atoms with van der Waals surface area (Å²) in [5, 5.41) is 0. The molecule has 106 valence electrons. The fourth-order valence-electron chi connectivity index (χ4n) is 2.17. The van der Waals surface area contributed by atoms with Gasteiger partial charge in [-0.2, -0.15) is 0 Å². The van der Waals surface area contributed by atoms with Gasteiger partial charge in [0.25, 0.3) is 0 Å². The number of rotatable bonds is 4. The summed E-state index contributed by atoms with van der Waals surface area (Å²) in [4.78, 5) is 21.9. The number of esters is 2. The van der Waals surface area contributed by atoms with Crippen molar-refractivity contribution in [2.24, 2.45) is 0 Å². The van der Waals surface area contributed by atoms with E-state index in [1.165, 1.54) is 13.8 Å². The average molecular weight is 272 g/mol. The van der Waals surface area contributed by atoms with Crippen LogP contribution in [0.4, 0.5) is 0 Å². The van der Waals surface area contributed by atoms with E-state index in [1.807, 2.05) is 6.92 Å². The minimum atomic E-state index is -0.820. The monoisotopic (exact) mass is 272 g/mol. The van der Waals surface area contributed by atoms with E-state index in [9.17, 15) is 9.59 Å². The fraction of sp³-hybridized carbons (Fsp3) is 0.818. The van der Waals surface area contributed by atoms with Gasteiger partial charge in [-0.3, -0.25) is 9.59 Å². The molecule has 0 bridgehead atoms. The maximum atomic E-state index is 11.0. The molecule has 0 aliphatic carbocycles. The molecule has 0 saturated carbocycles. The number of fused-ring (bicyclic) bond motifs is 1. The molecular formula is C11H17BO7. The molecule has 4 atom stereocenters. The van der Waals surface area contributed by atoms with Crippen LogP contribution >= 0.6 is 0 Å². The Morgan fingerprint density at radius 2 is 1.84 bits per heavy atom. The van der Waals surface area contributed by atoms with Gasteiger partial charge in [-0.25, -0.2) is 0 Å². The molecule has 2 aliphatic rings. The quantitative estimate of drug-likeness (QED) is 0.531. The third kappa shape index (κ3) is 3.26. The number of ether oxygens (including phenoxy) is 3. The molecule has 2 fully saturated rings. The summed E-state index contributed by atoms with van der Waals surface area (Å²) in [6, 6.07) is 0. The Balaban J connectivity index is 2.01. The lowest BCUT2D eigenvalue weighted by Crippen LogP contribution is -2.33. The van der Waals surface area contributed by atoms with E-state index in [1.54, 1.807) is 0 Å². The molecule has 0 spiro atoms. The normalized spacial score (nSPS) is 33.1. The average Bonchev–Trinajstić information content (AvgIpc) is 2.86. The van der Waals surface area contributed by atoms with Crippen LogP contribution in [0.2, 0.25) is 6.32 Å². The molecule has 19 heavy (non-hydrogen) atoms. The first-order valence-corrected chi connectivity index (χ1v) is 6.28. The van der Waals surface area contributed by atoms with Gasteiger partial charge in [0.2, 0.25) is 6.29 Å².